The third kappa shape index (κ3) is 3.56. The summed E-state index contributed by atoms with van der Waals surface area (Å²) in [5, 5.41) is 10.2. The molecule has 1 aromatic rings. The topological polar surface area (TPSA) is 79.8 Å². The van der Waals surface area contributed by atoms with E-state index in [2.05, 4.69) is 13.0 Å². The molecule has 0 bridgehead atoms. The van der Waals surface area contributed by atoms with Gasteiger partial charge in [0.25, 0.3) is 5.91 Å². The van der Waals surface area contributed by atoms with Gasteiger partial charge in [-0.25, -0.2) is 4.98 Å². The molecule has 112 valence electrons. The van der Waals surface area contributed by atoms with Crippen LogP contribution in [0, 0.1) is 11.3 Å². The van der Waals surface area contributed by atoms with Crippen LogP contribution >= 0.6 is 11.8 Å². The van der Waals surface area contributed by atoms with Gasteiger partial charge in [-0.2, -0.15) is 5.26 Å². The van der Waals surface area contributed by atoms with Gasteiger partial charge < -0.3 is 5.73 Å². The molecular weight excluding hydrogens is 282 g/mol. The van der Waals surface area contributed by atoms with E-state index in [0.29, 0.717) is 16.2 Å². The second-order valence-corrected chi connectivity index (χ2v) is 6.41. The molecule has 1 aliphatic carbocycles. The highest BCUT2D eigenvalue weighted by atomic mass is 32.2. The number of aromatic nitrogens is 1. The van der Waals surface area contributed by atoms with Crippen molar-refractivity contribution < 1.29 is 4.79 Å². The summed E-state index contributed by atoms with van der Waals surface area (Å²) in [6.07, 6.45) is 7.22. The van der Waals surface area contributed by atoms with Crippen LogP contribution in [0.2, 0.25) is 0 Å². The van der Waals surface area contributed by atoms with Crippen LogP contribution in [0.3, 0.4) is 0 Å². The van der Waals surface area contributed by atoms with E-state index in [-0.39, 0.29) is 0 Å². The van der Waals surface area contributed by atoms with Gasteiger partial charge in [-0.3, -0.25) is 4.79 Å². The zero-order valence-electron chi connectivity index (χ0n) is 12.4. The maximum atomic E-state index is 11.8. The van der Waals surface area contributed by atoms with Crippen molar-refractivity contribution in [3.8, 4) is 6.07 Å². The van der Waals surface area contributed by atoms with Crippen molar-refractivity contribution in [3.05, 3.63) is 22.4 Å². The Labute approximate surface area is 130 Å². The van der Waals surface area contributed by atoms with E-state index < -0.39 is 5.91 Å². The number of nitrogens with zero attached hydrogens (tertiary/aromatic N) is 2. The van der Waals surface area contributed by atoms with E-state index >= 15 is 0 Å². The third-order valence-electron chi connectivity index (χ3n) is 3.74. The molecule has 0 fully saturated rings. The predicted octanol–water partition coefficient (Wildman–Crippen LogP) is 3.21. The van der Waals surface area contributed by atoms with E-state index in [4.69, 9.17) is 10.7 Å². The van der Waals surface area contributed by atoms with E-state index in [0.717, 1.165) is 49.1 Å². The van der Waals surface area contributed by atoms with Crippen molar-refractivity contribution in [2.75, 3.05) is 5.75 Å². The zero-order valence-corrected chi connectivity index (χ0v) is 13.3. The fourth-order valence-corrected chi connectivity index (χ4v) is 3.65. The molecule has 0 unspecified atom stereocenters. The van der Waals surface area contributed by atoms with Crippen LogP contribution in [0.25, 0.3) is 0 Å². The molecule has 0 saturated heterocycles. The van der Waals surface area contributed by atoms with Gasteiger partial charge in [0.05, 0.1) is 11.1 Å². The number of pyridine rings is 1. The van der Waals surface area contributed by atoms with Gasteiger partial charge in [-0.1, -0.05) is 19.8 Å². The largest absolute Gasteiger partial charge is 0.365 e. The number of nitrogens with two attached hydrogens (primary N) is 1. The van der Waals surface area contributed by atoms with Gasteiger partial charge in [0.15, 0.2) is 0 Å². The Morgan fingerprint density at radius 3 is 2.67 bits per heavy atom. The number of hydrogen-bond donors (Lipinski definition) is 1. The van der Waals surface area contributed by atoms with E-state index in [9.17, 15) is 10.1 Å². The minimum Gasteiger partial charge on any atom is -0.365 e. The van der Waals surface area contributed by atoms with E-state index in [1.54, 1.807) is 0 Å². The first-order valence-corrected chi connectivity index (χ1v) is 8.56. The lowest BCUT2D eigenvalue weighted by Gasteiger charge is -2.18. The normalized spacial score (nSPS) is 14.7. The smallest absolute Gasteiger partial charge is 0.252 e. The lowest BCUT2D eigenvalue weighted by atomic mass is 9.92. The Morgan fingerprint density at radius 2 is 2.05 bits per heavy atom. The Balaban J connectivity index is 2.58. The van der Waals surface area contributed by atoms with E-state index in [1.807, 2.05) is 0 Å². The number of thioether (sulfide) groups is 1. The van der Waals surface area contributed by atoms with Crippen LogP contribution < -0.4 is 5.73 Å². The van der Waals surface area contributed by atoms with Crippen LogP contribution in [0.1, 0.15) is 66.2 Å². The van der Waals surface area contributed by atoms with Crippen LogP contribution in [-0.2, 0) is 12.8 Å². The van der Waals surface area contributed by atoms with Gasteiger partial charge in [-0.05, 0) is 43.4 Å². The first-order valence-electron chi connectivity index (χ1n) is 7.57. The van der Waals surface area contributed by atoms with E-state index in [1.165, 1.54) is 24.6 Å². The number of primary amides is 1. The number of fused-ring (bicyclic) bond motifs is 1. The Morgan fingerprint density at radius 1 is 1.33 bits per heavy atom. The lowest BCUT2D eigenvalue weighted by Crippen LogP contribution is -2.19. The maximum absolute atomic E-state index is 11.8. The molecule has 5 heteroatoms. The highest BCUT2D eigenvalue weighted by Gasteiger charge is 2.23. The summed E-state index contributed by atoms with van der Waals surface area (Å²) in [7, 11) is 0. The fourth-order valence-electron chi connectivity index (χ4n) is 2.73. The van der Waals surface area contributed by atoms with Crippen LogP contribution in [0.15, 0.2) is 5.03 Å². The number of amides is 1. The first-order chi connectivity index (χ1) is 10.2. The van der Waals surface area contributed by atoms with Crippen molar-refractivity contribution in [2.24, 2.45) is 5.73 Å². The third-order valence-corrected chi connectivity index (χ3v) is 4.92. The van der Waals surface area contributed by atoms with Gasteiger partial charge >= 0.3 is 0 Å². The van der Waals surface area contributed by atoms with Crippen LogP contribution in [0.5, 0.6) is 0 Å². The molecule has 0 saturated carbocycles. The molecule has 0 atom stereocenters. The number of nitriles is 1. The summed E-state index contributed by atoms with van der Waals surface area (Å²) in [6, 6.07) is 2.22. The zero-order chi connectivity index (χ0) is 15.2. The second-order valence-electron chi connectivity index (χ2n) is 5.33. The maximum Gasteiger partial charge on any atom is 0.252 e. The molecule has 1 aromatic heterocycles. The molecule has 0 radical (unpaired) electrons. The average molecular weight is 303 g/mol. The number of carbonyl (C=O) groups is 1. The minimum atomic E-state index is -0.539. The molecule has 21 heavy (non-hydrogen) atoms. The Kier molecular flexibility index (Phi) is 5.63. The summed E-state index contributed by atoms with van der Waals surface area (Å²) in [6.45, 7) is 2.08. The highest BCUT2D eigenvalue weighted by molar-refractivity contribution is 7.99. The molecule has 0 spiro atoms. The Bertz CT molecular complexity index is 578. The van der Waals surface area contributed by atoms with Gasteiger partial charge in [0.1, 0.15) is 11.1 Å². The van der Waals surface area contributed by atoms with Crippen LogP contribution in [-0.4, -0.2) is 16.6 Å². The SMILES string of the molecule is CCCSc1nc2c(c(C#N)c1C(N)=O)CCCCCC2. The van der Waals surface area contributed by atoms with Crippen molar-refractivity contribution in [2.45, 2.75) is 56.9 Å². The molecule has 1 aliphatic rings. The molecule has 1 heterocycles. The average Bonchev–Trinajstić information content (AvgIpc) is 2.44. The van der Waals surface area contributed by atoms with Crippen molar-refractivity contribution in [1.29, 1.82) is 5.26 Å². The molecule has 1 amide bonds. The molecule has 2 N–H and O–H groups in total. The summed E-state index contributed by atoms with van der Waals surface area (Å²) in [5.74, 6) is 0.333. The standard InChI is InChI=1S/C16H21N3OS/c1-2-9-21-16-14(15(18)20)12(10-17)11-7-5-3-4-6-8-13(11)19-16/h2-9H2,1H3,(H2,18,20). The van der Waals surface area contributed by atoms with Gasteiger partial charge in [0.2, 0.25) is 0 Å². The Hall–Kier alpha value is -1.54. The number of hydrogen-bond acceptors (Lipinski definition) is 4. The summed E-state index contributed by atoms with van der Waals surface area (Å²) in [4.78, 5) is 16.5. The molecule has 0 aromatic carbocycles. The van der Waals surface area contributed by atoms with Gasteiger partial charge in [0, 0.05) is 5.69 Å². The molecule has 4 nitrogen and oxygen atoms in total. The second kappa shape index (κ2) is 7.46. The predicted molar refractivity (Wildman–Crippen MR) is 84.4 cm³/mol. The monoisotopic (exact) mass is 303 g/mol. The summed E-state index contributed by atoms with van der Waals surface area (Å²) < 4.78 is 0. The fraction of sp³-hybridized carbons (Fsp3) is 0.562. The minimum absolute atomic E-state index is 0.329. The van der Waals surface area contributed by atoms with Crippen molar-refractivity contribution >= 4 is 17.7 Å². The van der Waals surface area contributed by atoms with Crippen LogP contribution in [0.4, 0.5) is 0 Å². The highest BCUT2D eigenvalue weighted by Crippen LogP contribution is 2.30. The summed E-state index contributed by atoms with van der Waals surface area (Å²) in [5.41, 5.74) is 8.26. The van der Waals surface area contributed by atoms with Crippen molar-refractivity contribution in [1.82, 2.24) is 4.98 Å². The molecule has 0 aliphatic heterocycles. The van der Waals surface area contributed by atoms with Crippen molar-refractivity contribution in [3.63, 3.8) is 0 Å². The number of aryl methyl sites for hydroxylation is 1. The number of rotatable bonds is 4. The summed E-state index contributed by atoms with van der Waals surface area (Å²) >= 11 is 1.53. The first kappa shape index (κ1) is 15.8. The molecular formula is C16H21N3OS. The lowest BCUT2D eigenvalue weighted by molar-refractivity contribution is 0.0996. The quantitative estimate of drug-likeness (QED) is 0.866. The van der Waals surface area contributed by atoms with Gasteiger partial charge in [-0.15, -0.1) is 11.8 Å². The number of carbonyl (C=O) groups excluding carboxylic acids is 1. The molecule has 2 rings (SSSR count).